The number of carbonyl (C=O) groups excluding carboxylic acids is 2. The number of benzene rings is 1. The fraction of sp³-hybridized carbons (Fsp3) is 0.231. The van der Waals surface area contributed by atoms with E-state index in [0.29, 0.717) is 5.02 Å². The summed E-state index contributed by atoms with van der Waals surface area (Å²) < 4.78 is 4.31. The van der Waals surface area contributed by atoms with Crippen LogP contribution in [0.1, 0.15) is 5.56 Å². The van der Waals surface area contributed by atoms with Crippen molar-refractivity contribution in [3.8, 4) is 0 Å². The Morgan fingerprint density at radius 1 is 1.42 bits per heavy atom. The molecular formula is C13H14ClNO4. The van der Waals surface area contributed by atoms with E-state index in [1.165, 1.54) is 6.08 Å². The van der Waals surface area contributed by atoms with E-state index >= 15 is 0 Å². The maximum atomic E-state index is 11.4. The van der Waals surface area contributed by atoms with E-state index in [4.69, 9.17) is 11.6 Å². The number of nitrogens with one attached hydrogen (secondary N) is 1. The van der Waals surface area contributed by atoms with E-state index in [9.17, 15) is 14.7 Å². The average molecular weight is 284 g/mol. The highest BCUT2D eigenvalue weighted by Crippen LogP contribution is 2.10. The molecule has 102 valence electrons. The predicted molar refractivity (Wildman–Crippen MR) is 71.5 cm³/mol. The summed E-state index contributed by atoms with van der Waals surface area (Å²) in [6.07, 6.45) is 1.53. The minimum atomic E-state index is -1.36. The summed E-state index contributed by atoms with van der Waals surface area (Å²) in [6, 6.07) is 6.94. The van der Waals surface area contributed by atoms with Crippen LogP contribution >= 0.6 is 11.6 Å². The molecular weight excluding hydrogens is 270 g/mol. The van der Waals surface area contributed by atoms with Crippen LogP contribution in [0.4, 0.5) is 0 Å². The van der Waals surface area contributed by atoms with Gasteiger partial charge < -0.3 is 15.2 Å². The molecule has 1 rings (SSSR count). The van der Waals surface area contributed by atoms with Gasteiger partial charge in [-0.2, -0.15) is 0 Å². The number of esters is 1. The van der Waals surface area contributed by atoms with Crippen molar-refractivity contribution in [2.45, 2.75) is 6.10 Å². The van der Waals surface area contributed by atoms with Crippen molar-refractivity contribution < 1.29 is 19.4 Å². The maximum absolute atomic E-state index is 11.4. The summed E-state index contributed by atoms with van der Waals surface area (Å²) >= 11 is 5.73. The third-order valence-electron chi connectivity index (χ3n) is 2.24. The molecule has 1 aromatic rings. The smallest absolute Gasteiger partial charge is 0.336 e. The highest BCUT2D eigenvalue weighted by Gasteiger charge is 2.15. The van der Waals surface area contributed by atoms with Crippen LogP contribution in [0.25, 0.3) is 6.08 Å². The van der Waals surface area contributed by atoms with E-state index < -0.39 is 18.0 Å². The fourth-order valence-electron chi connectivity index (χ4n) is 1.22. The van der Waals surface area contributed by atoms with Gasteiger partial charge in [-0.05, 0) is 23.8 Å². The molecule has 1 aromatic carbocycles. The van der Waals surface area contributed by atoms with E-state index in [2.05, 4.69) is 10.1 Å². The summed E-state index contributed by atoms with van der Waals surface area (Å²) in [4.78, 5) is 22.3. The van der Waals surface area contributed by atoms with Crippen molar-refractivity contribution in [3.63, 3.8) is 0 Å². The monoisotopic (exact) mass is 283 g/mol. The van der Waals surface area contributed by atoms with E-state index in [0.717, 1.165) is 12.7 Å². The Morgan fingerprint density at radius 3 is 2.63 bits per heavy atom. The first-order valence-corrected chi connectivity index (χ1v) is 5.88. The van der Waals surface area contributed by atoms with Gasteiger partial charge in [0.1, 0.15) is 0 Å². The van der Waals surface area contributed by atoms with Crippen LogP contribution in [-0.2, 0) is 14.3 Å². The molecule has 1 amide bonds. The van der Waals surface area contributed by atoms with Crippen molar-refractivity contribution in [1.29, 1.82) is 0 Å². The highest BCUT2D eigenvalue weighted by molar-refractivity contribution is 6.30. The summed E-state index contributed by atoms with van der Waals surface area (Å²) in [5.41, 5.74) is 0.813. The van der Waals surface area contributed by atoms with Gasteiger partial charge in [0.15, 0.2) is 6.10 Å². The van der Waals surface area contributed by atoms with Gasteiger partial charge >= 0.3 is 5.97 Å². The minimum absolute atomic E-state index is 0.198. The molecule has 0 saturated heterocycles. The second-order valence-electron chi connectivity index (χ2n) is 3.67. The maximum Gasteiger partial charge on any atom is 0.336 e. The Balaban J connectivity index is 2.43. The first-order chi connectivity index (χ1) is 9.02. The molecule has 0 heterocycles. The minimum Gasteiger partial charge on any atom is -0.467 e. The highest BCUT2D eigenvalue weighted by atomic mass is 35.5. The van der Waals surface area contributed by atoms with Gasteiger partial charge in [0.2, 0.25) is 5.91 Å². The third-order valence-corrected chi connectivity index (χ3v) is 2.49. The predicted octanol–water partition coefficient (Wildman–Crippen LogP) is 1.00. The lowest BCUT2D eigenvalue weighted by atomic mass is 10.2. The van der Waals surface area contributed by atoms with Gasteiger partial charge in [-0.3, -0.25) is 4.79 Å². The van der Waals surface area contributed by atoms with Crippen molar-refractivity contribution in [2.24, 2.45) is 0 Å². The second kappa shape index (κ2) is 7.56. The number of aliphatic hydroxyl groups excluding tert-OH is 1. The van der Waals surface area contributed by atoms with Crippen LogP contribution in [-0.4, -0.2) is 36.7 Å². The molecule has 2 N–H and O–H groups in total. The zero-order valence-corrected chi connectivity index (χ0v) is 11.1. The van der Waals surface area contributed by atoms with Gasteiger partial charge in [-0.15, -0.1) is 0 Å². The lowest BCUT2D eigenvalue weighted by Gasteiger charge is -2.07. The summed E-state index contributed by atoms with van der Waals surface area (Å²) in [6.45, 7) is -0.198. The van der Waals surface area contributed by atoms with Crippen LogP contribution < -0.4 is 5.32 Å². The molecule has 6 heteroatoms. The number of methoxy groups -OCH3 is 1. The summed E-state index contributed by atoms with van der Waals surface area (Å²) in [5.74, 6) is -1.21. The molecule has 0 aromatic heterocycles. The largest absolute Gasteiger partial charge is 0.467 e. The van der Waals surface area contributed by atoms with Crippen LogP contribution in [0.5, 0.6) is 0 Å². The van der Waals surface area contributed by atoms with E-state index in [-0.39, 0.29) is 6.54 Å². The Hall–Kier alpha value is -1.85. The SMILES string of the molecule is COC(=O)C(O)CNC(=O)/C=C/c1ccc(Cl)cc1. The third kappa shape index (κ3) is 5.54. The molecule has 0 saturated carbocycles. The second-order valence-corrected chi connectivity index (χ2v) is 4.11. The number of hydrogen-bond donors (Lipinski definition) is 2. The molecule has 19 heavy (non-hydrogen) atoms. The topological polar surface area (TPSA) is 75.6 Å². The van der Waals surface area contributed by atoms with Crippen LogP contribution in [0.2, 0.25) is 5.02 Å². The normalized spacial score (nSPS) is 12.2. The Kier molecular flexibility index (Phi) is 6.05. The van der Waals surface area contributed by atoms with Crippen molar-refractivity contribution >= 4 is 29.6 Å². The number of carbonyl (C=O) groups is 2. The van der Waals surface area contributed by atoms with E-state index in [1.807, 2.05) is 0 Å². The first-order valence-electron chi connectivity index (χ1n) is 5.50. The zero-order chi connectivity index (χ0) is 14.3. The van der Waals surface area contributed by atoms with Crippen LogP contribution in [0, 0.1) is 0 Å². The lowest BCUT2D eigenvalue weighted by molar-refractivity contribution is -0.150. The van der Waals surface area contributed by atoms with Crippen LogP contribution in [0.15, 0.2) is 30.3 Å². The Bertz CT molecular complexity index is 470. The van der Waals surface area contributed by atoms with Gasteiger partial charge in [0.25, 0.3) is 0 Å². The average Bonchev–Trinajstić information content (AvgIpc) is 2.43. The summed E-state index contributed by atoms with van der Waals surface area (Å²) in [7, 11) is 1.16. The molecule has 0 bridgehead atoms. The molecule has 1 atom stereocenters. The summed E-state index contributed by atoms with van der Waals surface area (Å²) in [5, 5.41) is 12.2. The molecule has 5 nitrogen and oxygen atoms in total. The van der Waals surface area contributed by atoms with Crippen molar-refractivity contribution in [3.05, 3.63) is 40.9 Å². The number of ether oxygens (including phenoxy) is 1. The Morgan fingerprint density at radius 2 is 2.05 bits per heavy atom. The number of hydrogen-bond acceptors (Lipinski definition) is 4. The van der Waals surface area contributed by atoms with E-state index in [1.54, 1.807) is 30.3 Å². The molecule has 0 radical (unpaired) electrons. The molecule has 0 fully saturated rings. The molecule has 0 spiro atoms. The van der Waals surface area contributed by atoms with Crippen molar-refractivity contribution in [1.82, 2.24) is 5.32 Å². The van der Waals surface area contributed by atoms with Gasteiger partial charge in [0.05, 0.1) is 13.7 Å². The quantitative estimate of drug-likeness (QED) is 0.624. The standard InChI is InChI=1S/C13H14ClNO4/c1-19-13(18)11(16)8-15-12(17)7-4-9-2-5-10(14)6-3-9/h2-7,11,16H,8H2,1H3,(H,15,17)/b7-4+. The number of aliphatic hydroxyl groups is 1. The zero-order valence-electron chi connectivity index (χ0n) is 10.3. The number of rotatable bonds is 5. The van der Waals surface area contributed by atoms with Gasteiger partial charge in [-0.1, -0.05) is 23.7 Å². The molecule has 0 aliphatic carbocycles. The van der Waals surface area contributed by atoms with Crippen LogP contribution in [0.3, 0.4) is 0 Å². The molecule has 1 unspecified atom stereocenters. The fourth-order valence-corrected chi connectivity index (χ4v) is 1.35. The lowest BCUT2D eigenvalue weighted by Crippen LogP contribution is -2.36. The van der Waals surface area contributed by atoms with Gasteiger partial charge in [-0.25, -0.2) is 4.79 Å². The van der Waals surface area contributed by atoms with Gasteiger partial charge in [0, 0.05) is 11.1 Å². The molecule has 0 aliphatic heterocycles. The number of halogens is 1. The molecule has 0 aliphatic rings. The first kappa shape index (κ1) is 15.2. The number of amides is 1. The Labute approximate surface area is 115 Å². The van der Waals surface area contributed by atoms with Crippen molar-refractivity contribution in [2.75, 3.05) is 13.7 Å².